The molecule has 0 saturated carbocycles. The number of hydrogen-bond donors (Lipinski definition) is 0. The first-order valence-electron chi connectivity index (χ1n) is 6.92. The maximum absolute atomic E-state index is 12.4. The molecular formula is C16H22O5Si. The van der Waals surface area contributed by atoms with Crippen LogP contribution in [0.3, 0.4) is 0 Å². The van der Waals surface area contributed by atoms with Crippen molar-refractivity contribution in [2.24, 2.45) is 0 Å². The fourth-order valence-corrected chi connectivity index (χ4v) is 2.37. The van der Waals surface area contributed by atoms with Gasteiger partial charge in [-0.15, -0.1) is 0 Å². The third kappa shape index (κ3) is 5.73. The Hall–Kier alpha value is -2.08. The third-order valence-corrected chi connectivity index (χ3v) is 3.21. The van der Waals surface area contributed by atoms with Gasteiger partial charge in [0.2, 0.25) is 8.32 Å². The first-order chi connectivity index (χ1) is 10.1. The Balaban J connectivity index is 3.18. The summed E-state index contributed by atoms with van der Waals surface area (Å²) in [6.45, 7) is 12.3. The first kappa shape index (κ1) is 18.0. The van der Waals surface area contributed by atoms with Gasteiger partial charge in [-0.25, -0.2) is 4.79 Å². The molecule has 0 fully saturated rings. The van der Waals surface area contributed by atoms with Crippen LogP contribution in [-0.2, 0) is 18.7 Å². The Bertz CT molecular complexity index is 558. The highest BCUT2D eigenvalue weighted by molar-refractivity contribution is 6.71. The summed E-state index contributed by atoms with van der Waals surface area (Å²) in [5.41, 5.74) is 0.751. The maximum Gasteiger partial charge on any atom is 0.325 e. The molecule has 0 aliphatic heterocycles. The topological polar surface area (TPSA) is 61.8 Å². The Morgan fingerprint density at radius 1 is 1.09 bits per heavy atom. The molecule has 0 bridgehead atoms. The summed E-state index contributed by atoms with van der Waals surface area (Å²) in [5, 5.41) is 0. The van der Waals surface area contributed by atoms with E-state index in [1.807, 2.05) is 19.6 Å². The molecule has 0 amide bonds. The van der Waals surface area contributed by atoms with Crippen molar-refractivity contribution in [3.8, 4) is 0 Å². The van der Waals surface area contributed by atoms with Gasteiger partial charge in [-0.2, -0.15) is 0 Å². The normalized spacial score (nSPS) is 12.2. The van der Waals surface area contributed by atoms with Crippen molar-refractivity contribution in [2.75, 3.05) is 0 Å². The second-order valence-electron chi connectivity index (χ2n) is 5.85. The molecule has 0 saturated heterocycles. The van der Waals surface area contributed by atoms with E-state index in [4.69, 9.17) is 13.9 Å². The lowest BCUT2D eigenvalue weighted by molar-refractivity contribution is -0.170. The van der Waals surface area contributed by atoms with Crippen LogP contribution in [0.15, 0.2) is 36.6 Å². The largest absolute Gasteiger partial charge is 0.516 e. The SMILES string of the molecule is C=C(C)OC(OC(C)=O)c1ccccc1C(=O)O[Si](C)(C)C. The second-order valence-corrected chi connectivity index (χ2v) is 10.3. The summed E-state index contributed by atoms with van der Waals surface area (Å²) < 4.78 is 16.1. The molecule has 1 aromatic rings. The van der Waals surface area contributed by atoms with Crippen LogP contribution >= 0.6 is 0 Å². The van der Waals surface area contributed by atoms with Crippen LogP contribution in [-0.4, -0.2) is 20.3 Å². The molecule has 6 heteroatoms. The van der Waals surface area contributed by atoms with Crippen LogP contribution in [0.4, 0.5) is 0 Å². The molecule has 1 unspecified atom stereocenters. The summed E-state index contributed by atoms with van der Waals surface area (Å²) in [6, 6.07) is 6.74. The molecule has 0 aliphatic carbocycles. The number of ether oxygens (including phenoxy) is 2. The van der Waals surface area contributed by atoms with E-state index in [1.165, 1.54) is 6.92 Å². The number of carbonyl (C=O) groups is 2. The molecule has 1 rings (SSSR count). The van der Waals surface area contributed by atoms with Crippen molar-refractivity contribution in [3.05, 3.63) is 47.7 Å². The Morgan fingerprint density at radius 2 is 1.68 bits per heavy atom. The average Bonchev–Trinajstić information content (AvgIpc) is 2.34. The summed E-state index contributed by atoms with van der Waals surface area (Å²) in [7, 11) is -2.04. The number of rotatable bonds is 6. The number of allylic oxidation sites excluding steroid dienone is 1. The zero-order valence-electron chi connectivity index (χ0n) is 13.6. The molecular weight excluding hydrogens is 300 g/mol. The highest BCUT2D eigenvalue weighted by Crippen LogP contribution is 2.26. The van der Waals surface area contributed by atoms with Crippen LogP contribution in [0.25, 0.3) is 0 Å². The second kappa shape index (κ2) is 7.26. The lowest BCUT2D eigenvalue weighted by atomic mass is 10.1. The highest BCUT2D eigenvalue weighted by atomic mass is 28.4. The number of carbonyl (C=O) groups excluding carboxylic acids is 2. The lowest BCUT2D eigenvalue weighted by Crippen LogP contribution is -2.30. The molecule has 1 atom stereocenters. The predicted molar refractivity (Wildman–Crippen MR) is 85.6 cm³/mol. The van der Waals surface area contributed by atoms with E-state index < -0.39 is 26.5 Å². The van der Waals surface area contributed by atoms with Gasteiger partial charge in [-0.3, -0.25) is 4.79 Å². The fraction of sp³-hybridized carbons (Fsp3) is 0.375. The number of benzene rings is 1. The molecule has 0 N–H and O–H groups in total. The van der Waals surface area contributed by atoms with Crippen molar-refractivity contribution in [3.63, 3.8) is 0 Å². The smallest absolute Gasteiger partial charge is 0.325 e. The lowest BCUT2D eigenvalue weighted by Gasteiger charge is -2.23. The van der Waals surface area contributed by atoms with Gasteiger partial charge in [-0.05, 0) is 32.6 Å². The van der Waals surface area contributed by atoms with Gasteiger partial charge >= 0.3 is 11.9 Å². The van der Waals surface area contributed by atoms with E-state index in [0.717, 1.165) is 0 Å². The van der Waals surface area contributed by atoms with Crippen LogP contribution in [0.2, 0.25) is 19.6 Å². The highest BCUT2D eigenvalue weighted by Gasteiger charge is 2.27. The average molecular weight is 322 g/mol. The standard InChI is InChI=1S/C16H22O5Si/c1-11(2)19-16(20-12(3)17)14-10-8-7-9-13(14)15(18)21-22(4,5)6/h7-10,16H,1H2,2-6H3. The van der Waals surface area contributed by atoms with E-state index in [9.17, 15) is 9.59 Å². The minimum absolute atomic E-state index is 0.317. The van der Waals surface area contributed by atoms with Crippen molar-refractivity contribution in [2.45, 2.75) is 39.8 Å². The van der Waals surface area contributed by atoms with E-state index in [1.54, 1.807) is 31.2 Å². The minimum Gasteiger partial charge on any atom is -0.516 e. The molecule has 0 aromatic heterocycles. The summed E-state index contributed by atoms with van der Waals surface area (Å²) in [4.78, 5) is 23.6. The zero-order chi connectivity index (χ0) is 16.9. The fourth-order valence-electron chi connectivity index (χ4n) is 1.71. The molecule has 5 nitrogen and oxygen atoms in total. The van der Waals surface area contributed by atoms with Gasteiger partial charge in [-0.1, -0.05) is 24.8 Å². The molecule has 0 aliphatic rings. The third-order valence-electron chi connectivity index (χ3n) is 2.41. The van der Waals surface area contributed by atoms with E-state index in [2.05, 4.69) is 6.58 Å². The van der Waals surface area contributed by atoms with Crippen LogP contribution < -0.4 is 0 Å². The van der Waals surface area contributed by atoms with Crippen LogP contribution in [0.5, 0.6) is 0 Å². The molecule has 1 aromatic carbocycles. The van der Waals surface area contributed by atoms with Crippen molar-refractivity contribution in [1.82, 2.24) is 0 Å². The van der Waals surface area contributed by atoms with E-state index in [-0.39, 0.29) is 0 Å². The van der Waals surface area contributed by atoms with Crippen molar-refractivity contribution in [1.29, 1.82) is 0 Å². The molecule has 22 heavy (non-hydrogen) atoms. The van der Waals surface area contributed by atoms with Crippen LogP contribution in [0.1, 0.15) is 36.1 Å². The van der Waals surface area contributed by atoms with Gasteiger partial charge in [0.15, 0.2) is 0 Å². The Kier molecular flexibility index (Phi) is 5.93. The van der Waals surface area contributed by atoms with Gasteiger partial charge in [0.25, 0.3) is 6.29 Å². The summed E-state index contributed by atoms with van der Waals surface area (Å²) in [5.74, 6) is -0.587. The summed E-state index contributed by atoms with van der Waals surface area (Å²) in [6.07, 6.45) is -1.03. The zero-order valence-corrected chi connectivity index (χ0v) is 14.6. The maximum atomic E-state index is 12.4. The van der Waals surface area contributed by atoms with Gasteiger partial charge in [0.1, 0.15) is 0 Å². The van der Waals surface area contributed by atoms with Gasteiger partial charge in [0.05, 0.1) is 11.3 Å². The predicted octanol–water partition coefficient (Wildman–Crippen LogP) is 3.79. The summed E-state index contributed by atoms with van der Waals surface area (Å²) >= 11 is 0. The molecule has 0 heterocycles. The molecule has 0 spiro atoms. The van der Waals surface area contributed by atoms with Gasteiger partial charge in [0, 0.05) is 12.5 Å². The number of hydrogen-bond acceptors (Lipinski definition) is 5. The molecule has 0 radical (unpaired) electrons. The Labute approximate surface area is 132 Å². The van der Waals surface area contributed by atoms with E-state index in [0.29, 0.717) is 16.9 Å². The quantitative estimate of drug-likeness (QED) is 0.345. The first-order valence-corrected chi connectivity index (χ1v) is 10.3. The van der Waals surface area contributed by atoms with Gasteiger partial charge < -0.3 is 13.9 Å². The van der Waals surface area contributed by atoms with E-state index >= 15 is 0 Å². The number of esters is 1. The van der Waals surface area contributed by atoms with Crippen LogP contribution in [0, 0.1) is 0 Å². The minimum atomic E-state index is -2.04. The Morgan fingerprint density at radius 3 is 2.18 bits per heavy atom. The molecule has 120 valence electrons. The van der Waals surface area contributed by atoms with Crippen molar-refractivity contribution >= 4 is 20.3 Å². The monoisotopic (exact) mass is 322 g/mol. The van der Waals surface area contributed by atoms with Crippen molar-refractivity contribution < 1.29 is 23.5 Å².